The van der Waals surface area contributed by atoms with E-state index in [1.165, 1.54) is 18.9 Å². The van der Waals surface area contributed by atoms with Crippen molar-refractivity contribution in [2.75, 3.05) is 23.3 Å². The van der Waals surface area contributed by atoms with Gasteiger partial charge in [-0.3, -0.25) is 4.79 Å². The van der Waals surface area contributed by atoms with Gasteiger partial charge in [0.15, 0.2) is 0 Å². The van der Waals surface area contributed by atoms with E-state index in [-0.39, 0.29) is 5.56 Å². The fraction of sp³-hybridized carbons (Fsp3) is 0.391. The number of pyridine rings is 2. The minimum Gasteiger partial charge on any atom is -0.366 e. The Kier molecular flexibility index (Phi) is 6.07. The molecule has 4 heterocycles. The Morgan fingerprint density at radius 2 is 1.97 bits per heavy atom. The number of rotatable bonds is 6. The molecule has 1 aliphatic heterocycles. The summed E-state index contributed by atoms with van der Waals surface area (Å²) >= 11 is 0. The van der Waals surface area contributed by atoms with Crippen molar-refractivity contribution in [1.82, 2.24) is 19.9 Å². The predicted octanol–water partition coefficient (Wildman–Crippen LogP) is 3.64. The van der Waals surface area contributed by atoms with Gasteiger partial charge in [0.25, 0.3) is 5.56 Å². The molecule has 4 rings (SSSR count). The Morgan fingerprint density at radius 3 is 2.63 bits per heavy atom. The number of nitrogens with zero attached hydrogens (tertiary/aromatic N) is 4. The summed E-state index contributed by atoms with van der Waals surface area (Å²) in [7, 11) is 0. The van der Waals surface area contributed by atoms with Crippen LogP contribution in [-0.4, -0.2) is 33.0 Å². The van der Waals surface area contributed by atoms with Crippen LogP contribution in [0.25, 0.3) is 11.4 Å². The third kappa shape index (κ3) is 4.84. The number of piperidine rings is 1. The lowest BCUT2D eigenvalue weighted by Crippen LogP contribution is -2.33. The average molecular weight is 405 g/mol. The van der Waals surface area contributed by atoms with E-state index in [9.17, 15) is 4.79 Å². The van der Waals surface area contributed by atoms with Crippen LogP contribution in [0, 0.1) is 5.92 Å². The number of nitrogens with one attached hydrogen (secondary N) is 2. The Balaban J connectivity index is 1.36. The van der Waals surface area contributed by atoms with Gasteiger partial charge in [0.2, 0.25) is 0 Å². The van der Waals surface area contributed by atoms with E-state index in [1.54, 1.807) is 6.20 Å². The van der Waals surface area contributed by atoms with Gasteiger partial charge in [0, 0.05) is 49.4 Å². The molecule has 0 atom stereocenters. The normalized spacial score (nSPS) is 14.7. The molecule has 0 spiro atoms. The fourth-order valence-corrected chi connectivity index (χ4v) is 3.60. The number of aromatic amines is 1. The largest absolute Gasteiger partial charge is 0.366 e. The van der Waals surface area contributed by atoms with Crippen LogP contribution in [-0.2, 0) is 13.0 Å². The third-order valence-corrected chi connectivity index (χ3v) is 5.58. The summed E-state index contributed by atoms with van der Waals surface area (Å²) in [5.41, 5.74) is 2.52. The van der Waals surface area contributed by atoms with Crippen LogP contribution >= 0.6 is 0 Å². The first-order valence-electron chi connectivity index (χ1n) is 10.6. The Morgan fingerprint density at radius 1 is 1.13 bits per heavy atom. The fourth-order valence-electron chi connectivity index (χ4n) is 3.60. The molecular weight excluding hydrogens is 376 g/mol. The molecule has 1 fully saturated rings. The lowest BCUT2D eigenvalue weighted by Gasteiger charge is -2.31. The summed E-state index contributed by atoms with van der Waals surface area (Å²) in [6.07, 6.45) is 6.84. The molecule has 3 aromatic rings. The number of hydrogen-bond donors (Lipinski definition) is 2. The van der Waals surface area contributed by atoms with Crippen LogP contribution in [0.2, 0.25) is 0 Å². The zero-order valence-corrected chi connectivity index (χ0v) is 17.6. The lowest BCUT2D eigenvalue weighted by molar-refractivity contribution is 0.436. The monoisotopic (exact) mass is 404 g/mol. The molecule has 0 aromatic carbocycles. The van der Waals surface area contributed by atoms with E-state index < -0.39 is 0 Å². The summed E-state index contributed by atoms with van der Waals surface area (Å²) in [4.78, 5) is 30.5. The maximum Gasteiger partial charge on any atom is 0.251 e. The summed E-state index contributed by atoms with van der Waals surface area (Å²) in [5.74, 6) is 3.19. The standard InChI is InChI=1S/C23H28N6O/c1-3-19-12-22(30)28-23(27-19)18-5-6-20(25-15-18)24-13-17-4-7-21(26-14-17)29-10-8-16(2)9-11-29/h4-7,12,14-16H,3,8-11,13H2,1-2H3,(H,24,25)(H,27,28,30). The van der Waals surface area contributed by atoms with Gasteiger partial charge in [-0.1, -0.05) is 19.9 Å². The predicted molar refractivity (Wildman–Crippen MR) is 120 cm³/mol. The SMILES string of the molecule is CCc1cc(=O)[nH]c(-c2ccc(NCc3ccc(N4CCC(C)CC4)nc3)nc2)n1. The van der Waals surface area contributed by atoms with Crippen molar-refractivity contribution in [3.8, 4) is 11.4 Å². The summed E-state index contributed by atoms with van der Waals surface area (Å²) < 4.78 is 0. The van der Waals surface area contributed by atoms with E-state index in [2.05, 4.69) is 49.2 Å². The van der Waals surface area contributed by atoms with Gasteiger partial charge in [-0.05, 0) is 48.9 Å². The molecule has 0 bridgehead atoms. The molecule has 2 N–H and O–H groups in total. The number of H-pyrrole nitrogens is 1. The molecule has 1 aliphatic rings. The molecule has 0 unspecified atom stereocenters. The Hall–Kier alpha value is -3.22. The number of hydrogen-bond acceptors (Lipinski definition) is 6. The van der Waals surface area contributed by atoms with Crippen molar-refractivity contribution in [3.63, 3.8) is 0 Å². The molecule has 30 heavy (non-hydrogen) atoms. The summed E-state index contributed by atoms with van der Waals surface area (Å²) in [6, 6.07) is 9.55. The van der Waals surface area contributed by atoms with Gasteiger partial charge < -0.3 is 15.2 Å². The van der Waals surface area contributed by atoms with Crippen molar-refractivity contribution in [3.05, 3.63) is 64.3 Å². The number of anilines is 2. The van der Waals surface area contributed by atoms with E-state index in [1.807, 2.05) is 25.3 Å². The molecule has 7 heteroatoms. The first-order chi connectivity index (χ1) is 14.6. The van der Waals surface area contributed by atoms with E-state index >= 15 is 0 Å². The molecule has 0 aliphatic carbocycles. The Labute approximate surface area is 176 Å². The van der Waals surface area contributed by atoms with Crippen LogP contribution in [0.15, 0.2) is 47.5 Å². The average Bonchev–Trinajstić information content (AvgIpc) is 2.78. The van der Waals surface area contributed by atoms with Gasteiger partial charge in [0.1, 0.15) is 17.5 Å². The van der Waals surface area contributed by atoms with Crippen LogP contribution in [0.4, 0.5) is 11.6 Å². The van der Waals surface area contributed by atoms with Gasteiger partial charge >= 0.3 is 0 Å². The highest BCUT2D eigenvalue weighted by Crippen LogP contribution is 2.21. The van der Waals surface area contributed by atoms with Gasteiger partial charge in [-0.15, -0.1) is 0 Å². The molecule has 156 valence electrons. The number of aryl methyl sites for hydroxylation is 1. The number of aromatic nitrogens is 4. The molecule has 7 nitrogen and oxygen atoms in total. The van der Waals surface area contributed by atoms with Crippen molar-refractivity contribution in [2.24, 2.45) is 5.92 Å². The molecule has 0 saturated carbocycles. The van der Waals surface area contributed by atoms with Crippen LogP contribution in [0.5, 0.6) is 0 Å². The van der Waals surface area contributed by atoms with Crippen molar-refractivity contribution in [1.29, 1.82) is 0 Å². The first-order valence-corrected chi connectivity index (χ1v) is 10.6. The summed E-state index contributed by atoms with van der Waals surface area (Å²) in [5, 5.41) is 3.32. The van der Waals surface area contributed by atoms with Gasteiger partial charge in [-0.2, -0.15) is 0 Å². The molecule has 1 saturated heterocycles. The first kappa shape index (κ1) is 20.1. The van der Waals surface area contributed by atoms with Crippen molar-refractivity contribution >= 4 is 11.6 Å². The zero-order chi connectivity index (χ0) is 20.9. The van der Waals surface area contributed by atoms with E-state index in [0.717, 1.165) is 47.5 Å². The van der Waals surface area contributed by atoms with E-state index in [4.69, 9.17) is 0 Å². The smallest absolute Gasteiger partial charge is 0.251 e. The molecule has 0 amide bonds. The van der Waals surface area contributed by atoms with E-state index in [0.29, 0.717) is 18.8 Å². The molecular formula is C23H28N6O. The zero-order valence-electron chi connectivity index (χ0n) is 17.6. The van der Waals surface area contributed by atoms with Crippen LogP contribution in [0.3, 0.4) is 0 Å². The summed E-state index contributed by atoms with van der Waals surface area (Å²) in [6.45, 7) is 7.12. The minimum atomic E-state index is -0.144. The maximum atomic E-state index is 11.8. The highest BCUT2D eigenvalue weighted by Gasteiger charge is 2.16. The maximum absolute atomic E-state index is 11.8. The second-order valence-electron chi connectivity index (χ2n) is 7.92. The van der Waals surface area contributed by atoms with Crippen LogP contribution < -0.4 is 15.8 Å². The second kappa shape index (κ2) is 9.07. The van der Waals surface area contributed by atoms with Crippen LogP contribution in [0.1, 0.15) is 37.9 Å². The van der Waals surface area contributed by atoms with Crippen molar-refractivity contribution < 1.29 is 0 Å². The molecule has 0 radical (unpaired) electrons. The highest BCUT2D eigenvalue weighted by atomic mass is 16.1. The van der Waals surface area contributed by atoms with Gasteiger partial charge in [0.05, 0.1) is 0 Å². The topological polar surface area (TPSA) is 86.8 Å². The minimum absolute atomic E-state index is 0.144. The highest BCUT2D eigenvalue weighted by molar-refractivity contribution is 5.56. The Bertz CT molecular complexity index is 1020. The third-order valence-electron chi connectivity index (χ3n) is 5.58. The second-order valence-corrected chi connectivity index (χ2v) is 7.92. The quantitative estimate of drug-likeness (QED) is 0.652. The molecule has 3 aromatic heterocycles. The van der Waals surface area contributed by atoms with Gasteiger partial charge in [-0.25, -0.2) is 15.0 Å². The lowest BCUT2D eigenvalue weighted by atomic mass is 9.99. The van der Waals surface area contributed by atoms with Crippen molar-refractivity contribution in [2.45, 2.75) is 39.7 Å².